The Kier molecular flexibility index (Phi) is 4.58. The van der Waals surface area contributed by atoms with Crippen LogP contribution >= 0.6 is 0 Å². The van der Waals surface area contributed by atoms with Crippen molar-refractivity contribution in [3.05, 3.63) is 42.5 Å². The van der Waals surface area contributed by atoms with Crippen LogP contribution < -0.4 is 10.1 Å². The Labute approximate surface area is 145 Å². The highest BCUT2D eigenvalue weighted by Gasteiger charge is 2.59. The molecule has 0 aliphatic carbocycles. The van der Waals surface area contributed by atoms with E-state index in [9.17, 15) is 23.7 Å². The second kappa shape index (κ2) is 6.67. The molecule has 9 heteroatoms. The molecule has 0 aromatic heterocycles. The molecule has 0 radical (unpaired) electrons. The van der Waals surface area contributed by atoms with Crippen molar-refractivity contribution in [2.24, 2.45) is 0 Å². The van der Waals surface area contributed by atoms with Gasteiger partial charge in [-0.2, -0.15) is 0 Å². The van der Waals surface area contributed by atoms with E-state index in [2.05, 4.69) is 11.9 Å². The van der Waals surface area contributed by atoms with Gasteiger partial charge < -0.3 is 20.1 Å². The third-order valence-electron chi connectivity index (χ3n) is 4.01. The van der Waals surface area contributed by atoms with E-state index in [0.29, 0.717) is 5.75 Å². The minimum absolute atomic E-state index is 0.0156. The predicted octanol–water partition coefficient (Wildman–Crippen LogP) is -0.510. The fraction of sp³-hybridized carbons (Fsp3) is 0.312. The van der Waals surface area contributed by atoms with Gasteiger partial charge in [0.2, 0.25) is 5.91 Å². The zero-order valence-corrected chi connectivity index (χ0v) is 13.9. The molecule has 3 rings (SSSR count). The van der Waals surface area contributed by atoms with Gasteiger partial charge in [-0.25, -0.2) is 4.79 Å². The lowest BCUT2D eigenvalue weighted by Gasteiger charge is -2.51. The maximum absolute atomic E-state index is 12.2. The summed E-state index contributed by atoms with van der Waals surface area (Å²) < 4.78 is 17.5. The lowest BCUT2D eigenvalue weighted by Crippen LogP contribution is -2.77. The normalized spacial score (nSPS) is 27.9. The van der Waals surface area contributed by atoms with Crippen molar-refractivity contribution >= 4 is 28.6 Å². The Balaban J connectivity index is 1.63. The number of fused-ring (bicyclic) bond motifs is 1. The summed E-state index contributed by atoms with van der Waals surface area (Å²) in [5.41, 5.74) is 0.215. The molecule has 2 fully saturated rings. The molecule has 3 unspecified atom stereocenters. The van der Waals surface area contributed by atoms with E-state index in [4.69, 9.17) is 4.74 Å². The quantitative estimate of drug-likeness (QED) is 0.537. The van der Waals surface area contributed by atoms with Gasteiger partial charge in [0.15, 0.2) is 12.6 Å². The third-order valence-corrected chi connectivity index (χ3v) is 5.70. The summed E-state index contributed by atoms with van der Waals surface area (Å²) in [5.74, 6) is -1.87. The number of hydrogen-bond donors (Lipinski definition) is 2. The largest absolute Gasteiger partial charge is 0.484 e. The molecule has 8 nitrogen and oxygen atoms in total. The number of carbonyl (C=O) groups excluding carboxylic acids is 2. The van der Waals surface area contributed by atoms with Crippen molar-refractivity contribution in [1.29, 1.82) is 0 Å². The molecule has 1 aromatic rings. The molecule has 2 heterocycles. The van der Waals surface area contributed by atoms with E-state index in [-0.39, 0.29) is 17.9 Å². The number of hydrogen-bond acceptors (Lipinski definition) is 5. The average Bonchev–Trinajstić information content (AvgIpc) is 2.58. The van der Waals surface area contributed by atoms with Crippen LogP contribution in [-0.2, 0) is 25.2 Å². The number of carboxylic acid groups (broad SMARTS) is 1. The maximum atomic E-state index is 12.2. The van der Waals surface area contributed by atoms with Crippen LogP contribution in [0.2, 0.25) is 0 Å². The lowest BCUT2D eigenvalue weighted by molar-refractivity contribution is -0.160. The fourth-order valence-electron chi connectivity index (χ4n) is 2.89. The molecular formula is C16H16N2O6S. The van der Waals surface area contributed by atoms with Gasteiger partial charge >= 0.3 is 5.97 Å². The highest BCUT2D eigenvalue weighted by molar-refractivity contribution is 7.86. The maximum Gasteiger partial charge on any atom is 0.330 e. The van der Waals surface area contributed by atoms with Crippen LogP contribution in [0.1, 0.15) is 0 Å². The molecule has 2 amide bonds. The number of nitrogens with one attached hydrogen (secondary N) is 1. The molecule has 0 spiro atoms. The zero-order chi connectivity index (χ0) is 18.1. The fourth-order valence-corrected chi connectivity index (χ4v) is 4.55. The standard InChI is InChI=1S/C16H16N2O6S/c1-9-8-25(23)15-12(14(20)18(15)13(9)16(21)22)17-11(19)7-24-10-5-3-2-4-6-10/h2-6,12-13,15H,1,7-8H2,(H,17,19)(H,21,22)/t12?,13?,15-,25?/m1/s1. The van der Waals surface area contributed by atoms with Gasteiger partial charge in [0.25, 0.3) is 5.91 Å². The summed E-state index contributed by atoms with van der Waals surface area (Å²) in [7, 11) is -1.52. The highest BCUT2D eigenvalue weighted by atomic mass is 32.2. The molecule has 4 atom stereocenters. The first-order valence-corrected chi connectivity index (χ1v) is 8.85. The monoisotopic (exact) mass is 364 g/mol. The second-order valence-corrected chi connectivity index (χ2v) is 7.24. The molecule has 0 bridgehead atoms. The number of aliphatic carboxylic acids is 1. The van der Waals surface area contributed by atoms with E-state index < -0.39 is 46.0 Å². The Morgan fingerprint density at radius 2 is 2.04 bits per heavy atom. The highest BCUT2D eigenvalue weighted by Crippen LogP contribution is 2.34. The number of carbonyl (C=O) groups is 3. The Hall–Kier alpha value is -2.68. The number of para-hydroxylation sites is 1. The third kappa shape index (κ3) is 3.14. The summed E-state index contributed by atoms with van der Waals surface area (Å²) in [5, 5.41) is 10.9. The summed E-state index contributed by atoms with van der Waals surface area (Å²) >= 11 is 0. The van der Waals surface area contributed by atoms with Crippen LogP contribution in [-0.4, -0.2) is 61.8 Å². The molecule has 2 saturated heterocycles. The van der Waals surface area contributed by atoms with E-state index in [1.165, 1.54) is 0 Å². The molecular weight excluding hydrogens is 348 g/mol. The molecule has 25 heavy (non-hydrogen) atoms. The minimum Gasteiger partial charge on any atom is -0.484 e. The van der Waals surface area contributed by atoms with Crippen molar-refractivity contribution in [2.45, 2.75) is 17.5 Å². The molecule has 2 aliphatic rings. The SMILES string of the molecule is C=C1CS(=O)[C@@H]2C(NC(=O)COc3ccccc3)C(=O)N2C1C(=O)O. The van der Waals surface area contributed by atoms with Crippen molar-refractivity contribution in [1.82, 2.24) is 10.2 Å². The first-order chi connectivity index (χ1) is 11.9. The number of β-lactam (4-membered cyclic amide) rings is 1. The predicted molar refractivity (Wildman–Crippen MR) is 88.1 cm³/mol. The number of nitrogens with zero attached hydrogens (tertiary/aromatic N) is 1. The number of ether oxygens (including phenoxy) is 1. The van der Waals surface area contributed by atoms with E-state index in [1.807, 2.05) is 0 Å². The lowest BCUT2D eigenvalue weighted by atomic mass is 9.98. The molecule has 0 saturated carbocycles. The van der Waals surface area contributed by atoms with Crippen molar-refractivity contribution in [3.63, 3.8) is 0 Å². The van der Waals surface area contributed by atoms with Gasteiger partial charge in [-0.05, 0) is 17.7 Å². The van der Waals surface area contributed by atoms with Crippen LogP contribution in [0, 0.1) is 0 Å². The van der Waals surface area contributed by atoms with Crippen LogP contribution in [0.3, 0.4) is 0 Å². The summed E-state index contributed by atoms with van der Waals surface area (Å²) in [4.78, 5) is 36.6. The van der Waals surface area contributed by atoms with Gasteiger partial charge in [-0.15, -0.1) is 0 Å². The molecule has 2 N–H and O–H groups in total. The van der Waals surface area contributed by atoms with E-state index in [1.54, 1.807) is 30.3 Å². The van der Waals surface area contributed by atoms with Crippen LogP contribution in [0.15, 0.2) is 42.5 Å². The van der Waals surface area contributed by atoms with E-state index >= 15 is 0 Å². The smallest absolute Gasteiger partial charge is 0.330 e. The van der Waals surface area contributed by atoms with E-state index in [0.717, 1.165) is 4.90 Å². The number of benzene rings is 1. The molecule has 132 valence electrons. The minimum atomic E-state index is -1.52. The Morgan fingerprint density at radius 1 is 1.36 bits per heavy atom. The van der Waals surface area contributed by atoms with Crippen molar-refractivity contribution in [2.75, 3.05) is 12.4 Å². The molecule has 2 aliphatic heterocycles. The first kappa shape index (κ1) is 17.2. The van der Waals surface area contributed by atoms with Gasteiger partial charge in [0.05, 0.1) is 10.8 Å². The molecule has 1 aromatic carbocycles. The second-order valence-electron chi connectivity index (χ2n) is 5.71. The van der Waals surface area contributed by atoms with Crippen molar-refractivity contribution in [3.8, 4) is 5.75 Å². The average molecular weight is 364 g/mol. The van der Waals surface area contributed by atoms with Gasteiger partial charge in [0, 0.05) is 5.75 Å². The van der Waals surface area contributed by atoms with Gasteiger partial charge in [0.1, 0.15) is 17.2 Å². The Bertz CT molecular complexity index is 765. The summed E-state index contributed by atoms with van der Waals surface area (Å²) in [6.45, 7) is 3.29. The zero-order valence-electron chi connectivity index (χ0n) is 13.1. The van der Waals surface area contributed by atoms with Crippen molar-refractivity contribution < 1.29 is 28.4 Å². The number of carboxylic acids is 1. The van der Waals surface area contributed by atoms with Crippen LogP contribution in [0.4, 0.5) is 0 Å². The van der Waals surface area contributed by atoms with Crippen LogP contribution in [0.5, 0.6) is 5.75 Å². The number of rotatable bonds is 5. The van der Waals surface area contributed by atoms with Crippen LogP contribution in [0.25, 0.3) is 0 Å². The summed E-state index contributed by atoms with van der Waals surface area (Å²) in [6.07, 6.45) is 0. The first-order valence-electron chi connectivity index (χ1n) is 7.47. The number of amides is 2. The topological polar surface area (TPSA) is 113 Å². The summed E-state index contributed by atoms with van der Waals surface area (Å²) in [6, 6.07) is 6.46. The Morgan fingerprint density at radius 3 is 2.68 bits per heavy atom. The van der Waals surface area contributed by atoms with Gasteiger partial charge in [-0.3, -0.25) is 13.8 Å². The van der Waals surface area contributed by atoms with Gasteiger partial charge in [-0.1, -0.05) is 24.8 Å².